The van der Waals surface area contributed by atoms with Crippen LogP contribution in [0, 0.1) is 86.3 Å². The molecule has 15 unspecified atom stereocenters. The Hall–Kier alpha value is 0. The van der Waals surface area contributed by atoms with Gasteiger partial charge in [-0.05, 0) is 112 Å². The van der Waals surface area contributed by atoms with Gasteiger partial charge in [-0.25, -0.2) is 0 Å². The van der Waals surface area contributed by atoms with Gasteiger partial charge in [0.2, 0.25) is 0 Å². The van der Waals surface area contributed by atoms with Crippen LogP contribution in [-0.4, -0.2) is 0 Å². The first-order valence-corrected chi connectivity index (χ1v) is 10.2. The molecule has 0 amide bonds. The summed E-state index contributed by atoms with van der Waals surface area (Å²) in [7, 11) is 0. The zero-order valence-corrected chi connectivity index (χ0v) is 13.1. The number of rotatable bonds is 0. The standard InChI is InChI=1S/C21H24/c1-17-7-3-9(17)14-16-15-11-6-8-5-10-13-12(4-7)20(16,18(14,17)2)21(13,15)19(8,10)11/h7-16H,3-6H2,1-2H3. The highest BCUT2D eigenvalue weighted by Crippen LogP contribution is 3.21. The first-order chi connectivity index (χ1) is 10.2. The molecule has 15 atom stereocenters. The van der Waals surface area contributed by atoms with E-state index in [1.165, 1.54) is 59.2 Å². The van der Waals surface area contributed by atoms with E-state index in [9.17, 15) is 0 Å². The zero-order valence-electron chi connectivity index (χ0n) is 13.1. The van der Waals surface area contributed by atoms with Crippen LogP contribution in [0.15, 0.2) is 0 Å². The molecule has 0 aliphatic heterocycles. The van der Waals surface area contributed by atoms with Crippen LogP contribution in [0.2, 0.25) is 0 Å². The van der Waals surface area contributed by atoms with Gasteiger partial charge in [-0.1, -0.05) is 13.8 Å². The minimum Gasteiger partial charge on any atom is -0.0585 e. The van der Waals surface area contributed by atoms with E-state index in [0.717, 1.165) is 27.1 Å². The minimum absolute atomic E-state index is 0.838. The molecule has 0 saturated heterocycles. The van der Waals surface area contributed by atoms with Crippen LogP contribution in [0.4, 0.5) is 0 Å². The quantitative estimate of drug-likeness (QED) is 0.631. The fraction of sp³-hybridized carbons (Fsp3) is 1.00. The Morgan fingerprint density at radius 1 is 0.619 bits per heavy atom. The van der Waals surface area contributed by atoms with Crippen molar-refractivity contribution in [2.24, 2.45) is 86.3 Å². The lowest BCUT2D eigenvalue weighted by atomic mass is 8.83. The third kappa shape index (κ3) is 0.350. The van der Waals surface area contributed by atoms with Gasteiger partial charge in [0.05, 0.1) is 0 Å². The summed E-state index contributed by atoms with van der Waals surface area (Å²) in [5, 5.41) is 0. The summed E-state index contributed by atoms with van der Waals surface area (Å²) < 4.78 is 0. The largest absolute Gasteiger partial charge is 0.0585 e. The van der Waals surface area contributed by atoms with E-state index in [0.29, 0.717) is 0 Å². The van der Waals surface area contributed by atoms with Gasteiger partial charge in [-0.3, -0.25) is 0 Å². The number of fused-ring (bicyclic) bond motifs is 6. The average molecular weight is 276 g/mol. The van der Waals surface area contributed by atoms with Crippen LogP contribution in [0.25, 0.3) is 0 Å². The molecule has 0 heterocycles. The summed E-state index contributed by atoms with van der Waals surface area (Å²) in [6.07, 6.45) is 6.75. The van der Waals surface area contributed by atoms with E-state index < -0.39 is 0 Å². The van der Waals surface area contributed by atoms with Gasteiger partial charge in [0, 0.05) is 0 Å². The Kier molecular flexibility index (Phi) is 0.783. The van der Waals surface area contributed by atoms with Crippen LogP contribution < -0.4 is 0 Å². The Morgan fingerprint density at radius 2 is 1.33 bits per heavy atom. The fourth-order valence-electron chi connectivity index (χ4n) is 15.2. The van der Waals surface area contributed by atoms with Crippen LogP contribution in [0.5, 0.6) is 0 Å². The summed E-state index contributed by atoms with van der Waals surface area (Å²) in [6.45, 7) is 5.61. The van der Waals surface area contributed by atoms with Gasteiger partial charge in [-0.15, -0.1) is 0 Å². The summed E-state index contributed by atoms with van der Waals surface area (Å²) in [5.74, 6) is 12.5. The molecule has 21 heavy (non-hydrogen) atoms. The molecule has 10 aliphatic rings. The molecule has 10 rings (SSSR count). The smallest absolute Gasteiger partial charge is 0.00971 e. The molecular formula is C21H24. The minimum atomic E-state index is 0.838. The van der Waals surface area contributed by atoms with E-state index >= 15 is 0 Å². The SMILES string of the molecule is CC12C3CC1C1C4C5C6CC7CC8C9C(C3)C4(C12C)C95C786. The highest BCUT2D eigenvalue weighted by molar-refractivity contribution is 5.63. The lowest BCUT2D eigenvalue weighted by Crippen LogP contribution is -3.17. The second-order valence-electron chi connectivity index (χ2n) is 12.0. The Balaban J connectivity index is 1.33. The molecule has 10 fully saturated rings. The molecule has 0 heteroatoms. The van der Waals surface area contributed by atoms with E-state index in [1.54, 1.807) is 25.7 Å². The molecular weight excluding hydrogens is 252 g/mol. The Morgan fingerprint density at radius 3 is 2.14 bits per heavy atom. The summed E-state index contributed by atoms with van der Waals surface area (Å²) >= 11 is 0. The van der Waals surface area contributed by atoms with Crippen molar-refractivity contribution in [3.05, 3.63) is 0 Å². The van der Waals surface area contributed by atoms with E-state index in [4.69, 9.17) is 0 Å². The molecule has 0 nitrogen and oxygen atoms in total. The van der Waals surface area contributed by atoms with Crippen molar-refractivity contribution in [3.63, 3.8) is 0 Å². The maximum Gasteiger partial charge on any atom is -0.00971 e. The first-order valence-electron chi connectivity index (χ1n) is 10.2. The summed E-state index contributed by atoms with van der Waals surface area (Å²) in [6, 6.07) is 0. The zero-order chi connectivity index (χ0) is 13.1. The molecule has 0 aromatic carbocycles. The van der Waals surface area contributed by atoms with Crippen molar-refractivity contribution in [1.29, 1.82) is 0 Å². The maximum absolute atomic E-state index is 2.84. The van der Waals surface area contributed by atoms with Gasteiger partial charge in [0.1, 0.15) is 0 Å². The highest BCUT2D eigenvalue weighted by Gasteiger charge is 3.17. The van der Waals surface area contributed by atoms with Gasteiger partial charge < -0.3 is 0 Å². The molecule has 0 radical (unpaired) electrons. The third-order valence-corrected chi connectivity index (χ3v) is 14.4. The third-order valence-electron chi connectivity index (χ3n) is 14.4. The molecule has 0 bridgehead atoms. The van der Waals surface area contributed by atoms with Crippen LogP contribution >= 0.6 is 0 Å². The van der Waals surface area contributed by atoms with Crippen LogP contribution in [0.1, 0.15) is 39.5 Å². The van der Waals surface area contributed by atoms with E-state index in [1.807, 2.05) is 0 Å². The van der Waals surface area contributed by atoms with Gasteiger partial charge in [0.15, 0.2) is 0 Å². The van der Waals surface area contributed by atoms with Crippen molar-refractivity contribution in [1.82, 2.24) is 0 Å². The lowest BCUT2D eigenvalue weighted by Gasteiger charge is -3.20. The van der Waals surface area contributed by atoms with E-state index in [-0.39, 0.29) is 0 Å². The maximum atomic E-state index is 2.84. The van der Waals surface area contributed by atoms with Crippen molar-refractivity contribution in [3.8, 4) is 0 Å². The molecule has 0 aromatic heterocycles. The summed E-state index contributed by atoms with van der Waals surface area (Å²) in [5.41, 5.74) is 4.71. The van der Waals surface area contributed by atoms with Crippen molar-refractivity contribution in [2.45, 2.75) is 39.5 Å². The van der Waals surface area contributed by atoms with Crippen molar-refractivity contribution < 1.29 is 0 Å². The van der Waals surface area contributed by atoms with Crippen LogP contribution in [-0.2, 0) is 0 Å². The Bertz CT molecular complexity index is 732. The summed E-state index contributed by atoms with van der Waals surface area (Å²) in [4.78, 5) is 0. The Labute approximate surface area is 126 Å². The van der Waals surface area contributed by atoms with Crippen LogP contribution in [0.3, 0.4) is 0 Å². The van der Waals surface area contributed by atoms with Gasteiger partial charge in [-0.2, -0.15) is 0 Å². The second kappa shape index (κ2) is 1.76. The predicted molar refractivity (Wildman–Crippen MR) is 76.9 cm³/mol. The molecule has 0 aromatic rings. The molecule has 3 spiro atoms. The molecule has 10 saturated carbocycles. The lowest BCUT2D eigenvalue weighted by molar-refractivity contribution is -0.743. The molecule has 10 aliphatic carbocycles. The monoisotopic (exact) mass is 276 g/mol. The van der Waals surface area contributed by atoms with Crippen molar-refractivity contribution in [2.75, 3.05) is 0 Å². The normalized spacial score (nSPS) is 102. The predicted octanol–water partition coefficient (Wildman–Crippen LogP) is 3.82. The number of hydrogen-bond acceptors (Lipinski definition) is 0. The number of hydrogen-bond donors (Lipinski definition) is 0. The fourth-order valence-corrected chi connectivity index (χ4v) is 15.2. The second-order valence-corrected chi connectivity index (χ2v) is 12.0. The van der Waals surface area contributed by atoms with E-state index in [2.05, 4.69) is 13.8 Å². The molecule has 108 valence electrons. The van der Waals surface area contributed by atoms with Gasteiger partial charge in [0.25, 0.3) is 0 Å². The van der Waals surface area contributed by atoms with Gasteiger partial charge >= 0.3 is 0 Å². The highest BCUT2D eigenvalue weighted by atomic mass is 15.2. The first kappa shape index (κ1) is 9.33. The molecule has 0 N–H and O–H groups in total. The average Bonchev–Trinajstić information content (AvgIpc) is 2.39. The van der Waals surface area contributed by atoms with Crippen molar-refractivity contribution >= 4 is 0 Å². The topological polar surface area (TPSA) is 0 Å².